The van der Waals surface area contributed by atoms with Crippen LogP contribution < -0.4 is 15.5 Å². The van der Waals surface area contributed by atoms with Gasteiger partial charge in [-0.25, -0.2) is 0 Å². The van der Waals surface area contributed by atoms with Crippen LogP contribution in [0.4, 0.5) is 11.4 Å². The van der Waals surface area contributed by atoms with E-state index in [1.165, 1.54) is 0 Å². The summed E-state index contributed by atoms with van der Waals surface area (Å²) in [6.07, 6.45) is 3.18. The van der Waals surface area contributed by atoms with Gasteiger partial charge in [0, 0.05) is 57.3 Å². The van der Waals surface area contributed by atoms with E-state index in [4.69, 9.17) is 0 Å². The molecule has 1 saturated carbocycles. The molecule has 5 rings (SSSR count). The van der Waals surface area contributed by atoms with Crippen LogP contribution in [0.2, 0.25) is 0 Å². The van der Waals surface area contributed by atoms with E-state index in [1.54, 1.807) is 0 Å². The van der Waals surface area contributed by atoms with Crippen molar-refractivity contribution in [1.82, 2.24) is 15.1 Å². The number of carbonyl (C=O) groups is 3. The Bertz CT molecular complexity index is 1090. The van der Waals surface area contributed by atoms with Crippen molar-refractivity contribution in [1.29, 1.82) is 0 Å². The topological polar surface area (TPSA) is 85.0 Å². The number of hydrogen-bond donors (Lipinski definition) is 2. The SMILES string of the molecule is O=C(Nc1cc(C(=O)N2CCCNCC2)ccc1N1CCN(C(=O)Cc2ccccc2)CC1)C1CC1. The molecule has 0 bridgehead atoms. The maximum absolute atomic E-state index is 13.2. The average molecular weight is 490 g/mol. The number of amides is 3. The van der Waals surface area contributed by atoms with Crippen molar-refractivity contribution in [3.05, 3.63) is 59.7 Å². The summed E-state index contributed by atoms with van der Waals surface area (Å²) in [5, 5.41) is 6.43. The van der Waals surface area contributed by atoms with Gasteiger partial charge in [0.05, 0.1) is 17.8 Å². The predicted molar refractivity (Wildman–Crippen MR) is 140 cm³/mol. The molecule has 8 nitrogen and oxygen atoms in total. The van der Waals surface area contributed by atoms with E-state index in [1.807, 2.05) is 58.3 Å². The van der Waals surface area contributed by atoms with Crippen molar-refractivity contribution in [2.45, 2.75) is 25.7 Å². The molecule has 0 aromatic heterocycles. The molecule has 2 aliphatic heterocycles. The minimum Gasteiger partial charge on any atom is -0.366 e. The second-order valence-corrected chi connectivity index (χ2v) is 9.92. The fourth-order valence-electron chi connectivity index (χ4n) is 4.94. The third kappa shape index (κ3) is 5.87. The van der Waals surface area contributed by atoms with Crippen molar-refractivity contribution in [2.75, 3.05) is 62.6 Å². The third-order valence-corrected chi connectivity index (χ3v) is 7.25. The van der Waals surface area contributed by atoms with Crippen molar-refractivity contribution >= 4 is 29.1 Å². The number of nitrogens with one attached hydrogen (secondary N) is 2. The lowest BCUT2D eigenvalue weighted by molar-refractivity contribution is -0.130. The highest BCUT2D eigenvalue weighted by molar-refractivity contribution is 6.01. The van der Waals surface area contributed by atoms with Crippen LogP contribution in [-0.2, 0) is 16.0 Å². The Morgan fingerprint density at radius 3 is 2.39 bits per heavy atom. The van der Waals surface area contributed by atoms with E-state index in [0.29, 0.717) is 50.4 Å². The van der Waals surface area contributed by atoms with Crippen molar-refractivity contribution in [2.24, 2.45) is 5.92 Å². The largest absolute Gasteiger partial charge is 0.366 e. The van der Waals surface area contributed by atoms with Crippen LogP contribution in [-0.4, -0.2) is 79.9 Å². The summed E-state index contributed by atoms with van der Waals surface area (Å²) in [6, 6.07) is 15.5. The van der Waals surface area contributed by atoms with Gasteiger partial charge in [0.1, 0.15) is 0 Å². The lowest BCUT2D eigenvalue weighted by Crippen LogP contribution is -2.49. The summed E-state index contributed by atoms with van der Waals surface area (Å²) in [4.78, 5) is 44.7. The summed E-state index contributed by atoms with van der Waals surface area (Å²) in [7, 11) is 0. The number of nitrogens with zero attached hydrogens (tertiary/aromatic N) is 3. The molecule has 2 saturated heterocycles. The van der Waals surface area contributed by atoms with Crippen molar-refractivity contribution in [3.8, 4) is 0 Å². The maximum atomic E-state index is 13.2. The highest BCUT2D eigenvalue weighted by Gasteiger charge is 2.31. The second-order valence-electron chi connectivity index (χ2n) is 9.92. The van der Waals surface area contributed by atoms with Crippen LogP contribution in [0.25, 0.3) is 0 Å². The lowest BCUT2D eigenvalue weighted by atomic mass is 10.1. The number of anilines is 2. The number of carbonyl (C=O) groups excluding carboxylic acids is 3. The monoisotopic (exact) mass is 489 g/mol. The van der Waals surface area contributed by atoms with Gasteiger partial charge in [-0.1, -0.05) is 30.3 Å². The first kappa shape index (κ1) is 24.3. The molecule has 8 heteroatoms. The van der Waals surface area contributed by atoms with Gasteiger partial charge in [-0.05, 0) is 49.6 Å². The Labute approximate surface area is 212 Å². The van der Waals surface area contributed by atoms with Crippen molar-refractivity contribution < 1.29 is 14.4 Å². The number of hydrogen-bond acceptors (Lipinski definition) is 5. The van der Waals surface area contributed by atoms with Crippen LogP contribution in [0.5, 0.6) is 0 Å². The lowest BCUT2D eigenvalue weighted by Gasteiger charge is -2.37. The van der Waals surface area contributed by atoms with Crippen LogP contribution in [0, 0.1) is 5.92 Å². The van der Waals surface area contributed by atoms with Crippen molar-refractivity contribution in [3.63, 3.8) is 0 Å². The van der Waals surface area contributed by atoms with E-state index in [2.05, 4.69) is 15.5 Å². The van der Waals surface area contributed by atoms with Crippen LogP contribution >= 0.6 is 0 Å². The molecule has 190 valence electrons. The molecule has 0 radical (unpaired) electrons. The second kappa shape index (κ2) is 11.1. The van der Waals surface area contributed by atoms with Gasteiger partial charge in [-0.3, -0.25) is 14.4 Å². The van der Waals surface area contributed by atoms with Gasteiger partial charge < -0.3 is 25.3 Å². The van der Waals surface area contributed by atoms with E-state index < -0.39 is 0 Å². The zero-order chi connectivity index (χ0) is 24.9. The normalized spacial score (nSPS) is 18.5. The molecule has 3 aliphatic rings. The van der Waals surface area contributed by atoms with Gasteiger partial charge >= 0.3 is 0 Å². The number of benzene rings is 2. The quantitative estimate of drug-likeness (QED) is 0.651. The Morgan fingerprint density at radius 1 is 0.861 bits per heavy atom. The van der Waals surface area contributed by atoms with Crippen LogP contribution in [0.1, 0.15) is 35.2 Å². The molecule has 0 unspecified atom stereocenters. The van der Waals surface area contributed by atoms with Gasteiger partial charge in [0.25, 0.3) is 5.91 Å². The molecule has 2 heterocycles. The maximum Gasteiger partial charge on any atom is 0.253 e. The van der Waals surface area contributed by atoms with Crippen LogP contribution in [0.3, 0.4) is 0 Å². The molecule has 3 fully saturated rings. The fourth-order valence-corrected chi connectivity index (χ4v) is 4.94. The van der Waals surface area contributed by atoms with Crippen LogP contribution in [0.15, 0.2) is 48.5 Å². The highest BCUT2D eigenvalue weighted by atomic mass is 16.2. The van der Waals surface area contributed by atoms with E-state index in [0.717, 1.165) is 50.1 Å². The first-order valence-electron chi connectivity index (χ1n) is 13.1. The fraction of sp³-hybridized carbons (Fsp3) is 0.464. The smallest absolute Gasteiger partial charge is 0.253 e. The Balaban J connectivity index is 1.28. The molecule has 2 aromatic rings. The molecule has 36 heavy (non-hydrogen) atoms. The summed E-state index contributed by atoms with van der Waals surface area (Å²) >= 11 is 0. The minimum absolute atomic E-state index is 0.00324. The minimum atomic E-state index is 0.00324. The Morgan fingerprint density at radius 2 is 1.64 bits per heavy atom. The van der Waals surface area contributed by atoms with E-state index in [9.17, 15) is 14.4 Å². The summed E-state index contributed by atoms with van der Waals surface area (Å²) in [5.74, 6) is 0.234. The predicted octanol–water partition coefficient (Wildman–Crippen LogP) is 2.36. The average Bonchev–Trinajstić information content (AvgIpc) is 3.77. The van der Waals surface area contributed by atoms with Gasteiger partial charge in [0.2, 0.25) is 11.8 Å². The highest BCUT2D eigenvalue weighted by Crippen LogP contribution is 2.34. The standard InChI is InChI=1S/C28H35N5O3/c34-26(19-21-5-2-1-3-6-21)32-17-15-31(16-18-32)25-10-9-23(20-24(25)30-27(35)22-7-8-22)28(36)33-13-4-11-29-12-14-33/h1-3,5-6,9-10,20,22,29H,4,7-8,11-19H2,(H,30,35). The third-order valence-electron chi connectivity index (χ3n) is 7.25. The first-order chi connectivity index (χ1) is 17.6. The first-order valence-corrected chi connectivity index (χ1v) is 13.1. The summed E-state index contributed by atoms with van der Waals surface area (Å²) in [6.45, 7) is 5.75. The van der Waals surface area contributed by atoms with E-state index >= 15 is 0 Å². The molecule has 3 amide bonds. The molecule has 0 atom stereocenters. The van der Waals surface area contributed by atoms with Gasteiger partial charge in [0.15, 0.2) is 0 Å². The van der Waals surface area contributed by atoms with E-state index in [-0.39, 0.29) is 23.6 Å². The molecule has 2 aromatic carbocycles. The number of rotatable bonds is 6. The zero-order valence-corrected chi connectivity index (χ0v) is 20.7. The number of piperazine rings is 1. The Kier molecular flexibility index (Phi) is 7.51. The molecule has 0 spiro atoms. The zero-order valence-electron chi connectivity index (χ0n) is 20.7. The van der Waals surface area contributed by atoms with Gasteiger partial charge in [-0.15, -0.1) is 0 Å². The molecular formula is C28H35N5O3. The summed E-state index contributed by atoms with van der Waals surface area (Å²) < 4.78 is 0. The molecule has 1 aliphatic carbocycles. The van der Waals surface area contributed by atoms with Gasteiger partial charge in [-0.2, -0.15) is 0 Å². The summed E-state index contributed by atoms with van der Waals surface area (Å²) in [5.41, 5.74) is 3.22. The molecule has 2 N–H and O–H groups in total. The molecular weight excluding hydrogens is 454 g/mol. The Hall–Kier alpha value is -3.39.